The Morgan fingerprint density at radius 1 is 1.07 bits per heavy atom. The summed E-state index contributed by atoms with van der Waals surface area (Å²) < 4.78 is 13.3. The van der Waals surface area contributed by atoms with E-state index in [1.165, 1.54) is 22.2 Å². The van der Waals surface area contributed by atoms with Gasteiger partial charge in [0.1, 0.15) is 5.60 Å². The summed E-state index contributed by atoms with van der Waals surface area (Å²) >= 11 is 0. The maximum absolute atomic E-state index is 13.9. The van der Waals surface area contributed by atoms with Crippen molar-refractivity contribution in [2.24, 2.45) is 0 Å². The quantitative estimate of drug-likeness (QED) is 0.224. The second-order valence-corrected chi connectivity index (χ2v) is 13.1. The summed E-state index contributed by atoms with van der Waals surface area (Å²) in [6.45, 7) is 12.4. The number of nitrogens with one attached hydrogen (secondary N) is 2. The molecule has 0 saturated carbocycles. The Balaban J connectivity index is 1.51. The monoisotopic (exact) mass is 618 g/mol. The van der Waals surface area contributed by atoms with Gasteiger partial charge in [-0.05, 0) is 82.7 Å². The summed E-state index contributed by atoms with van der Waals surface area (Å²) in [5.41, 5.74) is 4.83. The number of fused-ring (bicyclic) bond motifs is 1. The van der Waals surface area contributed by atoms with Gasteiger partial charge in [-0.1, -0.05) is 37.3 Å². The molecule has 1 aromatic heterocycles. The number of anilines is 1. The summed E-state index contributed by atoms with van der Waals surface area (Å²) in [5.74, 6) is 0.191. The molecule has 0 radical (unpaired) electrons. The van der Waals surface area contributed by atoms with Gasteiger partial charge in [0.25, 0.3) is 0 Å². The van der Waals surface area contributed by atoms with Crippen LogP contribution in [0.25, 0.3) is 10.9 Å². The van der Waals surface area contributed by atoms with Gasteiger partial charge in [-0.3, -0.25) is 9.59 Å². The molecule has 1 unspecified atom stereocenters. The van der Waals surface area contributed by atoms with Crippen molar-refractivity contribution < 1.29 is 23.9 Å². The zero-order chi connectivity index (χ0) is 32.6. The van der Waals surface area contributed by atoms with E-state index >= 15 is 0 Å². The van der Waals surface area contributed by atoms with E-state index in [1.807, 2.05) is 56.9 Å². The van der Waals surface area contributed by atoms with Gasteiger partial charge in [0.15, 0.2) is 0 Å². The SMILES string of the molecule is CCC(=O)Nc1ccc(C[C@H](CC(=O)N2CCCC(c3c(C)c4ccccc4n3CCCOC)C2)NC(=O)OC(C)(C)C)cc1. The van der Waals surface area contributed by atoms with Crippen LogP contribution in [0.1, 0.15) is 82.5 Å². The molecule has 9 nitrogen and oxygen atoms in total. The maximum atomic E-state index is 13.9. The van der Waals surface area contributed by atoms with Crippen LogP contribution >= 0.6 is 0 Å². The van der Waals surface area contributed by atoms with E-state index in [2.05, 4.69) is 46.4 Å². The third-order valence-corrected chi connectivity index (χ3v) is 8.35. The van der Waals surface area contributed by atoms with Crippen LogP contribution in [0, 0.1) is 6.92 Å². The summed E-state index contributed by atoms with van der Waals surface area (Å²) in [6, 6.07) is 15.6. The van der Waals surface area contributed by atoms with Crippen molar-refractivity contribution in [3.8, 4) is 0 Å². The van der Waals surface area contributed by atoms with E-state index in [1.54, 1.807) is 7.11 Å². The number of carbonyl (C=O) groups is 3. The van der Waals surface area contributed by atoms with E-state index in [9.17, 15) is 14.4 Å². The number of likely N-dealkylation sites (tertiary alicyclic amines) is 1. The maximum Gasteiger partial charge on any atom is 0.407 e. The highest BCUT2D eigenvalue weighted by Crippen LogP contribution is 2.36. The molecule has 4 rings (SSSR count). The molecule has 2 N–H and O–H groups in total. The molecule has 0 aliphatic carbocycles. The third kappa shape index (κ3) is 9.33. The predicted molar refractivity (Wildman–Crippen MR) is 179 cm³/mol. The zero-order valence-electron chi connectivity index (χ0n) is 27.8. The van der Waals surface area contributed by atoms with Crippen LogP contribution in [0.2, 0.25) is 0 Å². The predicted octanol–water partition coefficient (Wildman–Crippen LogP) is 6.57. The molecule has 1 aliphatic heterocycles. The Morgan fingerprint density at radius 3 is 2.49 bits per heavy atom. The lowest BCUT2D eigenvalue weighted by molar-refractivity contribution is -0.133. The smallest absolute Gasteiger partial charge is 0.407 e. The number of ether oxygens (including phenoxy) is 2. The number of hydrogen-bond acceptors (Lipinski definition) is 5. The highest BCUT2D eigenvalue weighted by Gasteiger charge is 2.31. The molecule has 2 aromatic carbocycles. The van der Waals surface area contributed by atoms with Gasteiger partial charge in [-0.2, -0.15) is 0 Å². The summed E-state index contributed by atoms with van der Waals surface area (Å²) in [5, 5.41) is 7.08. The number of aromatic nitrogens is 1. The van der Waals surface area contributed by atoms with Crippen molar-refractivity contribution in [1.29, 1.82) is 0 Å². The van der Waals surface area contributed by atoms with E-state index < -0.39 is 17.7 Å². The van der Waals surface area contributed by atoms with Gasteiger partial charge in [-0.15, -0.1) is 0 Å². The Labute approximate surface area is 267 Å². The van der Waals surface area contributed by atoms with Gasteiger partial charge in [-0.25, -0.2) is 4.79 Å². The number of rotatable bonds is 12. The number of hydrogen-bond donors (Lipinski definition) is 2. The highest BCUT2D eigenvalue weighted by molar-refractivity contribution is 5.90. The first-order valence-electron chi connectivity index (χ1n) is 16.2. The number of aryl methyl sites for hydroxylation is 2. The van der Waals surface area contributed by atoms with Crippen molar-refractivity contribution in [2.75, 3.05) is 32.1 Å². The largest absolute Gasteiger partial charge is 0.444 e. The average Bonchev–Trinajstić information content (AvgIpc) is 3.28. The van der Waals surface area contributed by atoms with Crippen LogP contribution < -0.4 is 10.6 Å². The first-order chi connectivity index (χ1) is 21.5. The Bertz CT molecular complexity index is 1460. The minimum absolute atomic E-state index is 0.0206. The van der Waals surface area contributed by atoms with Crippen LogP contribution in [-0.4, -0.2) is 65.8 Å². The molecule has 0 spiro atoms. The van der Waals surface area contributed by atoms with E-state index in [0.717, 1.165) is 31.4 Å². The molecule has 1 fully saturated rings. The number of amides is 3. The molecular formula is C36H50N4O5. The van der Waals surface area contributed by atoms with Crippen molar-refractivity contribution in [3.63, 3.8) is 0 Å². The van der Waals surface area contributed by atoms with Crippen LogP contribution in [-0.2, 0) is 32.0 Å². The van der Waals surface area contributed by atoms with Crippen LogP contribution in [0.15, 0.2) is 48.5 Å². The Kier molecular flexibility index (Phi) is 11.7. The fourth-order valence-electron chi connectivity index (χ4n) is 6.30. The highest BCUT2D eigenvalue weighted by atomic mass is 16.6. The lowest BCUT2D eigenvalue weighted by Gasteiger charge is -2.35. The zero-order valence-corrected chi connectivity index (χ0v) is 27.8. The molecule has 1 saturated heterocycles. The van der Waals surface area contributed by atoms with E-state index in [4.69, 9.17) is 9.47 Å². The Morgan fingerprint density at radius 2 is 1.80 bits per heavy atom. The lowest BCUT2D eigenvalue weighted by Crippen LogP contribution is -2.46. The lowest BCUT2D eigenvalue weighted by atomic mass is 9.91. The van der Waals surface area contributed by atoms with Gasteiger partial charge >= 0.3 is 6.09 Å². The molecular weight excluding hydrogens is 568 g/mol. The topological polar surface area (TPSA) is 102 Å². The number of nitrogens with zero attached hydrogens (tertiary/aromatic N) is 2. The number of methoxy groups -OCH3 is 1. The average molecular weight is 619 g/mol. The second-order valence-electron chi connectivity index (χ2n) is 13.1. The fourth-order valence-corrected chi connectivity index (χ4v) is 6.30. The Hall–Kier alpha value is -3.85. The molecule has 2 heterocycles. The molecule has 2 atom stereocenters. The number of para-hydroxylation sites is 1. The fraction of sp³-hybridized carbons (Fsp3) is 0.528. The van der Waals surface area contributed by atoms with Gasteiger partial charge < -0.3 is 29.6 Å². The minimum Gasteiger partial charge on any atom is -0.444 e. The van der Waals surface area contributed by atoms with Crippen molar-refractivity contribution >= 4 is 34.5 Å². The molecule has 244 valence electrons. The first kappa shape index (κ1) is 34.0. The summed E-state index contributed by atoms with van der Waals surface area (Å²) in [4.78, 5) is 40.4. The van der Waals surface area contributed by atoms with Crippen molar-refractivity contribution in [2.45, 2.75) is 97.2 Å². The minimum atomic E-state index is -0.655. The standard InChI is InChI=1S/C36H50N4O5/c1-7-32(41)37-28-17-15-26(16-18-28)22-29(38-35(43)45-36(3,4)5)23-33(42)39-19-10-12-27(24-39)34-25(2)30-13-8-9-14-31(30)40(34)20-11-21-44-6/h8-9,13-18,27,29H,7,10-12,19-24H2,1-6H3,(H,37,41)(H,38,43)/t27?,29-/m1/s1. The normalized spacial score (nSPS) is 16.0. The molecule has 9 heteroatoms. The van der Waals surface area contributed by atoms with Crippen LogP contribution in [0.5, 0.6) is 0 Å². The molecule has 3 amide bonds. The van der Waals surface area contributed by atoms with Crippen LogP contribution in [0.3, 0.4) is 0 Å². The number of carbonyl (C=O) groups excluding carboxylic acids is 3. The van der Waals surface area contributed by atoms with Gasteiger partial charge in [0.2, 0.25) is 11.8 Å². The first-order valence-corrected chi connectivity index (χ1v) is 16.2. The van der Waals surface area contributed by atoms with E-state index in [-0.39, 0.29) is 24.2 Å². The second kappa shape index (κ2) is 15.4. The number of benzene rings is 2. The van der Waals surface area contributed by atoms with Gasteiger partial charge in [0, 0.05) is 80.4 Å². The molecule has 0 bridgehead atoms. The summed E-state index contributed by atoms with van der Waals surface area (Å²) in [6.07, 6.45) is 3.34. The van der Waals surface area contributed by atoms with E-state index in [0.29, 0.717) is 38.2 Å². The number of alkyl carbamates (subject to hydrolysis) is 1. The van der Waals surface area contributed by atoms with Crippen molar-refractivity contribution in [1.82, 2.24) is 14.8 Å². The third-order valence-electron chi connectivity index (χ3n) is 8.35. The van der Waals surface area contributed by atoms with Gasteiger partial charge in [0.05, 0.1) is 0 Å². The molecule has 1 aliphatic rings. The molecule has 45 heavy (non-hydrogen) atoms. The number of piperidine rings is 1. The summed E-state index contributed by atoms with van der Waals surface area (Å²) in [7, 11) is 1.73. The molecule has 3 aromatic rings. The van der Waals surface area contributed by atoms with Crippen LogP contribution in [0.4, 0.5) is 10.5 Å². The van der Waals surface area contributed by atoms with Crippen molar-refractivity contribution in [3.05, 3.63) is 65.4 Å².